The largest absolute Gasteiger partial charge is 0.335 e. The van der Waals surface area contributed by atoms with E-state index in [-0.39, 0.29) is 16.8 Å². The Bertz CT molecular complexity index is 608. The first-order valence-electron chi connectivity index (χ1n) is 6.06. The lowest BCUT2D eigenvalue weighted by atomic mass is 10.1. The number of aryl methyl sites for hydroxylation is 1. The van der Waals surface area contributed by atoms with Gasteiger partial charge in [0.05, 0.1) is 9.77 Å². The van der Waals surface area contributed by atoms with Crippen molar-refractivity contribution in [2.24, 2.45) is 5.92 Å². The molecule has 0 aromatic carbocycles. The average molecular weight is 322 g/mol. The Hall–Kier alpha value is -0.590. The second-order valence-corrected chi connectivity index (χ2v) is 8.91. The monoisotopic (exact) mass is 321 g/mol. The molecule has 2 atom stereocenters. The summed E-state index contributed by atoms with van der Waals surface area (Å²) in [7, 11) is 1.57. The highest BCUT2D eigenvalue weighted by molar-refractivity contribution is 8.13. The van der Waals surface area contributed by atoms with Gasteiger partial charge < -0.3 is 4.90 Å². The molecule has 1 aliphatic rings. The molecular weight excluding hydrogens is 306 g/mol. The van der Waals surface area contributed by atoms with E-state index in [4.69, 9.17) is 10.7 Å². The van der Waals surface area contributed by atoms with E-state index < -0.39 is 9.05 Å². The maximum absolute atomic E-state index is 12.4. The van der Waals surface area contributed by atoms with Gasteiger partial charge in [0.1, 0.15) is 0 Å². The van der Waals surface area contributed by atoms with Crippen LogP contribution in [0, 0.1) is 12.8 Å². The third kappa shape index (κ3) is 2.95. The van der Waals surface area contributed by atoms with Crippen molar-refractivity contribution >= 4 is 37.0 Å². The third-order valence-corrected chi connectivity index (χ3v) is 6.01. The van der Waals surface area contributed by atoms with Gasteiger partial charge in [0.2, 0.25) is 0 Å². The van der Waals surface area contributed by atoms with Gasteiger partial charge in [0.15, 0.2) is 0 Å². The number of likely N-dealkylation sites (tertiary alicyclic amines) is 1. The van der Waals surface area contributed by atoms with Crippen LogP contribution < -0.4 is 0 Å². The van der Waals surface area contributed by atoms with Crippen LogP contribution in [0.1, 0.15) is 34.8 Å². The van der Waals surface area contributed by atoms with Crippen LogP contribution in [-0.2, 0) is 9.05 Å². The molecule has 1 aliphatic heterocycles. The van der Waals surface area contributed by atoms with Gasteiger partial charge in [-0.1, -0.05) is 6.92 Å². The van der Waals surface area contributed by atoms with Crippen molar-refractivity contribution in [3.05, 3.63) is 15.8 Å². The van der Waals surface area contributed by atoms with Crippen LogP contribution in [0.2, 0.25) is 0 Å². The molecule has 1 aromatic rings. The Morgan fingerprint density at radius 3 is 2.53 bits per heavy atom. The molecule has 0 spiro atoms. The van der Waals surface area contributed by atoms with Crippen LogP contribution in [0.15, 0.2) is 11.0 Å². The maximum atomic E-state index is 12.4. The lowest BCUT2D eigenvalue weighted by molar-refractivity contribution is 0.0748. The van der Waals surface area contributed by atoms with Crippen LogP contribution in [0.3, 0.4) is 0 Å². The molecule has 2 heterocycles. The predicted molar refractivity (Wildman–Crippen MR) is 76.4 cm³/mol. The molecule has 19 heavy (non-hydrogen) atoms. The number of carbonyl (C=O) groups excluding carboxylic acids is 1. The fourth-order valence-corrected chi connectivity index (χ4v) is 5.16. The van der Waals surface area contributed by atoms with E-state index in [0.717, 1.165) is 13.0 Å². The molecule has 7 heteroatoms. The van der Waals surface area contributed by atoms with Crippen LogP contribution in [0.4, 0.5) is 0 Å². The van der Waals surface area contributed by atoms with Crippen molar-refractivity contribution in [3.8, 4) is 0 Å². The van der Waals surface area contributed by atoms with Gasteiger partial charge >= 0.3 is 0 Å². The Balaban J connectivity index is 2.31. The van der Waals surface area contributed by atoms with Crippen LogP contribution in [0.5, 0.6) is 0 Å². The highest BCUT2D eigenvalue weighted by Gasteiger charge is 2.32. The summed E-state index contributed by atoms with van der Waals surface area (Å²) < 4.78 is 22.7. The normalized spacial score (nSPS) is 23.9. The number of nitrogens with zero attached hydrogens (tertiary/aromatic N) is 1. The first-order valence-corrected chi connectivity index (χ1v) is 9.18. The van der Waals surface area contributed by atoms with E-state index in [1.165, 1.54) is 17.4 Å². The molecule has 1 fully saturated rings. The first kappa shape index (κ1) is 14.8. The Kier molecular flexibility index (Phi) is 3.95. The number of rotatable bonds is 2. The van der Waals surface area contributed by atoms with Crippen molar-refractivity contribution in [1.82, 2.24) is 4.90 Å². The molecule has 106 valence electrons. The van der Waals surface area contributed by atoms with Crippen molar-refractivity contribution in [2.75, 3.05) is 6.54 Å². The number of hydrogen-bond donors (Lipinski definition) is 0. The minimum atomic E-state index is -3.78. The van der Waals surface area contributed by atoms with Gasteiger partial charge in [-0.15, -0.1) is 11.3 Å². The summed E-state index contributed by atoms with van der Waals surface area (Å²) in [5, 5.41) is 0. The molecule has 0 N–H and O–H groups in total. The summed E-state index contributed by atoms with van der Waals surface area (Å²) in [6.07, 6.45) is 0.983. The zero-order chi connectivity index (χ0) is 14.4. The van der Waals surface area contributed by atoms with E-state index >= 15 is 0 Å². The first-order chi connectivity index (χ1) is 8.70. The van der Waals surface area contributed by atoms with Gasteiger partial charge in [0.25, 0.3) is 15.0 Å². The molecule has 4 nitrogen and oxygen atoms in total. The van der Waals surface area contributed by atoms with E-state index in [9.17, 15) is 13.2 Å². The van der Waals surface area contributed by atoms with Crippen LogP contribution in [0.25, 0.3) is 0 Å². The highest BCUT2D eigenvalue weighted by Crippen LogP contribution is 2.31. The topological polar surface area (TPSA) is 54.5 Å². The number of hydrogen-bond acceptors (Lipinski definition) is 4. The smallest absolute Gasteiger partial charge is 0.264 e. The Labute approximate surface area is 121 Å². The van der Waals surface area contributed by atoms with Crippen LogP contribution >= 0.6 is 22.0 Å². The van der Waals surface area contributed by atoms with Crippen LogP contribution in [-0.4, -0.2) is 31.8 Å². The molecule has 1 amide bonds. The zero-order valence-corrected chi connectivity index (χ0v) is 13.4. The number of amides is 1. The van der Waals surface area contributed by atoms with Gasteiger partial charge in [-0.05, 0) is 32.3 Å². The molecule has 0 aliphatic carbocycles. The van der Waals surface area contributed by atoms with E-state index in [1.807, 2.05) is 6.92 Å². The predicted octanol–water partition coefficient (Wildman–Crippen LogP) is 2.85. The summed E-state index contributed by atoms with van der Waals surface area (Å²) in [5.74, 6) is 0.382. The third-order valence-electron chi connectivity index (χ3n) is 3.39. The minimum Gasteiger partial charge on any atom is -0.335 e. The van der Waals surface area contributed by atoms with Gasteiger partial charge in [0, 0.05) is 28.1 Å². The van der Waals surface area contributed by atoms with Gasteiger partial charge in [-0.3, -0.25) is 4.79 Å². The van der Waals surface area contributed by atoms with E-state index in [2.05, 4.69) is 6.92 Å². The van der Waals surface area contributed by atoms with Crippen molar-refractivity contribution in [2.45, 2.75) is 38.1 Å². The summed E-state index contributed by atoms with van der Waals surface area (Å²) >= 11 is 1.18. The molecule has 0 radical (unpaired) electrons. The summed E-state index contributed by atoms with van der Waals surface area (Å²) in [4.78, 5) is 15.2. The lowest BCUT2D eigenvalue weighted by Crippen LogP contribution is -2.33. The number of carbonyl (C=O) groups is 1. The highest BCUT2D eigenvalue weighted by atomic mass is 35.7. The lowest BCUT2D eigenvalue weighted by Gasteiger charge is -2.20. The van der Waals surface area contributed by atoms with E-state index in [0.29, 0.717) is 15.7 Å². The molecule has 2 rings (SSSR count). The Morgan fingerprint density at radius 2 is 2.11 bits per heavy atom. The molecular formula is C12H16ClNO3S2. The SMILES string of the molecule is Cc1sc(C(=O)N2CC(C)CC2C)cc1S(=O)(=O)Cl. The standard InChI is InChI=1S/C12H16ClNO3S2/c1-7-4-8(2)14(6-7)12(15)10-5-11(9(3)18-10)19(13,16)17/h5,7-8H,4,6H2,1-3H3. The molecule has 0 bridgehead atoms. The van der Waals surface area contributed by atoms with Crippen molar-refractivity contribution in [1.29, 1.82) is 0 Å². The molecule has 2 unspecified atom stereocenters. The van der Waals surface area contributed by atoms with Crippen molar-refractivity contribution < 1.29 is 13.2 Å². The van der Waals surface area contributed by atoms with Crippen molar-refractivity contribution in [3.63, 3.8) is 0 Å². The number of halogens is 1. The summed E-state index contributed by atoms with van der Waals surface area (Å²) in [6, 6.07) is 1.58. The zero-order valence-electron chi connectivity index (χ0n) is 11.0. The summed E-state index contributed by atoms with van der Waals surface area (Å²) in [6.45, 7) is 6.51. The maximum Gasteiger partial charge on any atom is 0.264 e. The molecule has 1 saturated heterocycles. The minimum absolute atomic E-state index is 0.0439. The molecule has 0 saturated carbocycles. The van der Waals surface area contributed by atoms with Gasteiger partial charge in [-0.25, -0.2) is 8.42 Å². The quantitative estimate of drug-likeness (QED) is 0.787. The summed E-state index contributed by atoms with van der Waals surface area (Å²) in [5.41, 5.74) is 0. The fourth-order valence-electron chi connectivity index (χ4n) is 2.54. The molecule has 1 aromatic heterocycles. The van der Waals surface area contributed by atoms with E-state index in [1.54, 1.807) is 11.8 Å². The Morgan fingerprint density at radius 1 is 1.47 bits per heavy atom. The number of thiophene rings is 1. The van der Waals surface area contributed by atoms with Gasteiger partial charge in [-0.2, -0.15) is 0 Å². The second kappa shape index (κ2) is 5.07. The fraction of sp³-hybridized carbons (Fsp3) is 0.583. The second-order valence-electron chi connectivity index (χ2n) is 5.12. The average Bonchev–Trinajstić information content (AvgIpc) is 2.80.